The molecule has 25 heavy (non-hydrogen) atoms. The third-order valence-corrected chi connectivity index (χ3v) is 7.17. The second kappa shape index (κ2) is 8.14. The van der Waals surface area contributed by atoms with Gasteiger partial charge in [0.1, 0.15) is 5.75 Å². The number of hydrogen-bond acceptors (Lipinski definition) is 1. The molecule has 2 aliphatic rings. The predicted octanol–water partition coefficient (Wildman–Crippen LogP) is 7.20. The largest absolute Gasteiger partial charge is 0.508 e. The van der Waals surface area contributed by atoms with Crippen molar-refractivity contribution >= 4 is 0 Å². The Kier molecular flexibility index (Phi) is 6.12. The van der Waals surface area contributed by atoms with Crippen molar-refractivity contribution < 1.29 is 5.11 Å². The summed E-state index contributed by atoms with van der Waals surface area (Å²) < 4.78 is 0. The Morgan fingerprint density at radius 3 is 2.28 bits per heavy atom. The van der Waals surface area contributed by atoms with E-state index in [0.717, 1.165) is 18.3 Å². The van der Waals surface area contributed by atoms with Crippen LogP contribution in [0.2, 0.25) is 0 Å². The first kappa shape index (κ1) is 18.8. The molecule has 1 aromatic carbocycles. The van der Waals surface area contributed by atoms with Gasteiger partial charge in [-0.25, -0.2) is 0 Å². The number of hydrogen-bond donors (Lipinski definition) is 1. The van der Waals surface area contributed by atoms with E-state index in [-0.39, 0.29) is 0 Å². The third-order valence-electron chi connectivity index (χ3n) is 7.17. The Morgan fingerprint density at radius 2 is 1.60 bits per heavy atom. The number of phenolic OH excluding ortho intramolecular Hbond substituents is 1. The molecule has 3 rings (SSSR count). The number of unbranched alkanes of at least 4 members (excludes halogenated alkanes) is 3. The Hall–Kier alpha value is -0.980. The highest BCUT2D eigenvalue weighted by atomic mass is 16.3. The van der Waals surface area contributed by atoms with Gasteiger partial charge < -0.3 is 5.11 Å². The summed E-state index contributed by atoms with van der Waals surface area (Å²) in [6, 6.07) is 6.14. The lowest BCUT2D eigenvalue weighted by molar-refractivity contribution is 0.425. The maximum Gasteiger partial charge on any atom is 0.119 e. The molecule has 0 bridgehead atoms. The lowest BCUT2D eigenvalue weighted by Crippen LogP contribution is -2.00. The number of benzene rings is 1. The fourth-order valence-corrected chi connectivity index (χ4v) is 4.41. The van der Waals surface area contributed by atoms with E-state index < -0.39 is 0 Å². The minimum Gasteiger partial charge on any atom is -0.508 e. The maximum absolute atomic E-state index is 10.3. The standard InChI is InChI=1S/C24H38O/c1-3-24(18-19-24)15-8-6-10-20-11-9-13-22(25)21(20)12-5-4-7-14-23(2)16-17-23/h9,11,13,25H,3-8,10,12,14-19H2,1-2H3. The SMILES string of the molecule is CCC1(CCCCc2cccc(O)c2CCCCCC2(C)CC2)CC1. The van der Waals surface area contributed by atoms with Crippen LogP contribution in [0.15, 0.2) is 18.2 Å². The van der Waals surface area contributed by atoms with Gasteiger partial charge >= 0.3 is 0 Å². The molecule has 140 valence electrons. The minimum atomic E-state index is 0.527. The van der Waals surface area contributed by atoms with E-state index in [4.69, 9.17) is 0 Å². The summed E-state index contributed by atoms with van der Waals surface area (Å²) >= 11 is 0. The van der Waals surface area contributed by atoms with Crippen molar-refractivity contribution in [2.24, 2.45) is 10.8 Å². The molecule has 1 nitrogen and oxygen atoms in total. The zero-order valence-corrected chi connectivity index (χ0v) is 16.6. The van der Waals surface area contributed by atoms with Crippen molar-refractivity contribution in [3.8, 4) is 5.75 Å². The Labute approximate surface area is 155 Å². The van der Waals surface area contributed by atoms with Gasteiger partial charge in [-0.05, 0) is 92.2 Å². The van der Waals surface area contributed by atoms with Crippen LogP contribution in [0.4, 0.5) is 0 Å². The first-order chi connectivity index (χ1) is 12.1. The van der Waals surface area contributed by atoms with Crippen LogP contribution in [-0.2, 0) is 12.8 Å². The quantitative estimate of drug-likeness (QED) is 0.398. The summed E-state index contributed by atoms with van der Waals surface area (Å²) in [5.41, 5.74) is 4.05. The lowest BCUT2D eigenvalue weighted by Gasteiger charge is -2.14. The third kappa shape index (κ3) is 5.50. The average molecular weight is 343 g/mol. The minimum absolute atomic E-state index is 0.527. The zero-order chi connectivity index (χ0) is 17.8. The molecule has 2 saturated carbocycles. The summed E-state index contributed by atoms with van der Waals surface area (Å²) in [5, 5.41) is 10.3. The smallest absolute Gasteiger partial charge is 0.119 e. The van der Waals surface area contributed by atoms with Crippen LogP contribution in [0, 0.1) is 10.8 Å². The van der Waals surface area contributed by atoms with Gasteiger partial charge in [0.05, 0.1) is 0 Å². The van der Waals surface area contributed by atoms with Crippen LogP contribution >= 0.6 is 0 Å². The molecule has 0 atom stereocenters. The van der Waals surface area contributed by atoms with E-state index >= 15 is 0 Å². The van der Waals surface area contributed by atoms with Crippen molar-refractivity contribution in [2.45, 2.75) is 104 Å². The lowest BCUT2D eigenvalue weighted by atomic mass is 9.92. The number of phenols is 1. The van der Waals surface area contributed by atoms with Gasteiger partial charge in [0, 0.05) is 0 Å². The van der Waals surface area contributed by atoms with Gasteiger partial charge in [0.15, 0.2) is 0 Å². The van der Waals surface area contributed by atoms with Crippen LogP contribution in [0.5, 0.6) is 5.75 Å². The van der Waals surface area contributed by atoms with E-state index in [9.17, 15) is 5.11 Å². The van der Waals surface area contributed by atoms with E-state index in [2.05, 4.69) is 19.9 Å². The van der Waals surface area contributed by atoms with Gasteiger partial charge in [-0.15, -0.1) is 0 Å². The summed E-state index contributed by atoms with van der Waals surface area (Å²) in [6.45, 7) is 4.78. The molecule has 1 N–H and O–H groups in total. The molecule has 0 aliphatic heterocycles. The monoisotopic (exact) mass is 342 g/mol. The van der Waals surface area contributed by atoms with Crippen molar-refractivity contribution in [1.29, 1.82) is 0 Å². The van der Waals surface area contributed by atoms with Crippen LogP contribution in [-0.4, -0.2) is 5.11 Å². The van der Waals surface area contributed by atoms with Crippen LogP contribution in [0.1, 0.15) is 102 Å². The molecule has 0 radical (unpaired) electrons. The molecule has 0 saturated heterocycles. The summed E-state index contributed by atoms with van der Waals surface area (Å²) in [5.74, 6) is 0.527. The second-order valence-corrected chi connectivity index (χ2v) is 9.35. The maximum atomic E-state index is 10.3. The second-order valence-electron chi connectivity index (χ2n) is 9.35. The highest BCUT2D eigenvalue weighted by Gasteiger charge is 2.39. The topological polar surface area (TPSA) is 20.2 Å². The molecule has 2 aliphatic carbocycles. The molecule has 0 aromatic heterocycles. The highest BCUT2D eigenvalue weighted by Crippen LogP contribution is 2.52. The van der Waals surface area contributed by atoms with Gasteiger partial charge in [0.25, 0.3) is 0 Å². The molecule has 0 unspecified atom stereocenters. The van der Waals surface area contributed by atoms with E-state index in [0.29, 0.717) is 11.2 Å². The molecule has 1 heteroatoms. The molecule has 0 heterocycles. The first-order valence-corrected chi connectivity index (χ1v) is 10.9. The Bertz CT molecular complexity index is 551. The van der Waals surface area contributed by atoms with Gasteiger partial charge in [0.2, 0.25) is 0 Å². The molecule has 0 spiro atoms. The van der Waals surface area contributed by atoms with E-state index in [1.807, 2.05) is 12.1 Å². The summed E-state index contributed by atoms with van der Waals surface area (Å²) in [4.78, 5) is 0. The Balaban J connectivity index is 1.40. The van der Waals surface area contributed by atoms with E-state index in [1.54, 1.807) is 0 Å². The summed E-state index contributed by atoms with van der Waals surface area (Å²) in [7, 11) is 0. The first-order valence-electron chi connectivity index (χ1n) is 10.9. The molecular formula is C24H38O. The summed E-state index contributed by atoms with van der Waals surface area (Å²) in [6.07, 6.45) is 18.7. The molecular weight excluding hydrogens is 304 g/mol. The molecule has 2 fully saturated rings. The number of aromatic hydroxyl groups is 1. The average Bonchev–Trinajstić information content (AvgIpc) is 3.52. The number of rotatable bonds is 12. The van der Waals surface area contributed by atoms with Crippen molar-refractivity contribution in [1.82, 2.24) is 0 Å². The van der Waals surface area contributed by atoms with Crippen molar-refractivity contribution in [3.05, 3.63) is 29.3 Å². The van der Waals surface area contributed by atoms with E-state index in [1.165, 1.54) is 88.2 Å². The Morgan fingerprint density at radius 1 is 0.880 bits per heavy atom. The van der Waals surface area contributed by atoms with Gasteiger partial charge in [-0.2, -0.15) is 0 Å². The molecule has 1 aromatic rings. The molecule has 0 amide bonds. The van der Waals surface area contributed by atoms with Crippen LogP contribution in [0.25, 0.3) is 0 Å². The fraction of sp³-hybridized carbons (Fsp3) is 0.750. The normalized spacial score (nSPS) is 19.8. The van der Waals surface area contributed by atoms with Crippen molar-refractivity contribution in [3.63, 3.8) is 0 Å². The van der Waals surface area contributed by atoms with Gasteiger partial charge in [-0.3, -0.25) is 0 Å². The van der Waals surface area contributed by atoms with Crippen LogP contribution in [0.3, 0.4) is 0 Å². The van der Waals surface area contributed by atoms with Gasteiger partial charge in [-0.1, -0.05) is 51.7 Å². The zero-order valence-electron chi connectivity index (χ0n) is 16.6. The fourth-order valence-electron chi connectivity index (χ4n) is 4.41. The highest BCUT2D eigenvalue weighted by molar-refractivity contribution is 5.39. The van der Waals surface area contributed by atoms with Crippen molar-refractivity contribution in [2.75, 3.05) is 0 Å². The number of aryl methyl sites for hydroxylation is 1. The predicted molar refractivity (Wildman–Crippen MR) is 107 cm³/mol. The van der Waals surface area contributed by atoms with Crippen LogP contribution < -0.4 is 0 Å².